The van der Waals surface area contributed by atoms with E-state index in [1.165, 1.54) is 24.4 Å². The van der Waals surface area contributed by atoms with Gasteiger partial charge in [0.1, 0.15) is 35.6 Å². The van der Waals surface area contributed by atoms with Crippen molar-refractivity contribution in [1.29, 1.82) is 0 Å². The minimum Gasteiger partial charge on any atom is -0.461 e. The van der Waals surface area contributed by atoms with Crippen LogP contribution in [0.15, 0.2) is 54.9 Å². The first-order valence-corrected chi connectivity index (χ1v) is 17.3. The molecule has 5 aromatic rings. The van der Waals surface area contributed by atoms with Gasteiger partial charge in [0.2, 0.25) is 5.91 Å². The molecular formula is C38H36F4N8O2. The molecule has 8 rings (SSSR count). The molecule has 3 atom stereocenters. The summed E-state index contributed by atoms with van der Waals surface area (Å²) in [5, 5.41) is 0.561. The number of likely N-dealkylation sites (tertiary alicyclic amines) is 1. The van der Waals surface area contributed by atoms with Gasteiger partial charge in [0.05, 0.1) is 16.6 Å². The average molecular weight is 713 g/mol. The van der Waals surface area contributed by atoms with Gasteiger partial charge in [-0.05, 0) is 56.3 Å². The third-order valence-corrected chi connectivity index (χ3v) is 10.6. The molecule has 6 heterocycles. The SMILES string of the molecule is Cc1nccc(C=CC(=O)N2CC[C@@H](N(C)c3nc(OC[C@@]45CCCN4C[C@H](F)C5)nc4c(F)c(-c5cccc6ccc(F)c(F)c56)ncc34)C2)n1. The number of aromatic nitrogens is 5. The summed E-state index contributed by atoms with van der Waals surface area (Å²) in [5.74, 6) is -2.27. The highest BCUT2D eigenvalue weighted by molar-refractivity contribution is 5.99. The molecule has 268 valence electrons. The van der Waals surface area contributed by atoms with Crippen LogP contribution in [0.4, 0.5) is 23.4 Å². The average Bonchev–Trinajstić information content (AvgIpc) is 3.86. The maximum absolute atomic E-state index is 16.8. The van der Waals surface area contributed by atoms with Crippen LogP contribution in [0.2, 0.25) is 0 Å². The molecule has 52 heavy (non-hydrogen) atoms. The van der Waals surface area contributed by atoms with E-state index in [2.05, 4.69) is 24.8 Å². The highest BCUT2D eigenvalue weighted by Gasteiger charge is 2.49. The van der Waals surface area contributed by atoms with Crippen LogP contribution in [0.1, 0.15) is 37.2 Å². The van der Waals surface area contributed by atoms with Crippen LogP contribution in [0.25, 0.3) is 39.0 Å². The van der Waals surface area contributed by atoms with Crippen molar-refractivity contribution in [2.75, 3.05) is 44.7 Å². The largest absolute Gasteiger partial charge is 0.461 e. The molecule has 3 fully saturated rings. The van der Waals surface area contributed by atoms with E-state index in [1.54, 1.807) is 49.3 Å². The number of fused-ring (bicyclic) bond motifs is 3. The first-order valence-electron chi connectivity index (χ1n) is 17.3. The van der Waals surface area contributed by atoms with Crippen molar-refractivity contribution >= 4 is 39.5 Å². The number of nitrogens with zero attached hydrogens (tertiary/aromatic N) is 8. The molecule has 3 saturated heterocycles. The number of aryl methyl sites for hydroxylation is 1. The zero-order chi connectivity index (χ0) is 36.1. The van der Waals surface area contributed by atoms with E-state index in [1.807, 2.05) is 4.90 Å². The second kappa shape index (κ2) is 13.4. The molecule has 0 aliphatic carbocycles. The zero-order valence-electron chi connectivity index (χ0n) is 28.7. The molecule has 0 radical (unpaired) electrons. The second-order valence-electron chi connectivity index (χ2n) is 13.8. The van der Waals surface area contributed by atoms with E-state index < -0.39 is 29.2 Å². The highest BCUT2D eigenvalue weighted by Crippen LogP contribution is 2.41. The van der Waals surface area contributed by atoms with E-state index in [-0.39, 0.29) is 52.1 Å². The molecular weight excluding hydrogens is 676 g/mol. The molecule has 3 aliphatic heterocycles. The number of hydrogen-bond acceptors (Lipinski definition) is 9. The number of amides is 1. The molecule has 2 aromatic carbocycles. The fourth-order valence-corrected chi connectivity index (χ4v) is 7.96. The maximum Gasteiger partial charge on any atom is 0.319 e. The lowest BCUT2D eigenvalue weighted by atomic mass is 9.95. The van der Waals surface area contributed by atoms with E-state index in [0.29, 0.717) is 55.2 Å². The molecule has 0 N–H and O–H groups in total. The Kier molecular flexibility index (Phi) is 8.72. The van der Waals surface area contributed by atoms with Gasteiger partial charge in [0.25, 0.3) is 0 Å². The smallest absolute Gasteiger partial charge is 0.319 e. The van der Waals surface area contributed by atoms with Gasteiger partial charge in [-0.25, -0.2) is 27.5 Å². The van der Waals surface area contributed by atoms with Crippen molar-refractivity contribution in [1.82, 2.24) is 34.7 Å². The van der Waals surface area contributed by atoms with Crippen LogP contribution in [0, 0.1) is 24.4 Å². The van der Waals surface area contributed by atoms with Crippen molar-refractivity contribution in [3.63, 3.8) is 0 Å². The van der Waals surface area contributed by atoms with Crippen LogP contribution < -0.4 is 9.64 Å². The Morgan fingerprint density at radius 1 is 1.06 bits per heavy atom. The molecule has 1 amide bonds. The fourth-order valence-electron chi connectivity index (χ4n) is 7.96. The molecule has 10 nitrogen and oxygen atoms in total. The molecule has 0 spiro atoms. The Balaban J connectivity index is 1.15. The number of halogens is 4. The number of pyridine rings is 1. The number of ether oxygens (including phenoxy) is 1. The molecule has 3 aliphatic rings. The van der Waals surface area contributed by atoms with Crippen molar-refractivity contribution in [2.45, 2.75) is 50.4 Å². The Morgan fingerprint density at radius 2 is 1.92 bits per heavy atom. The summed E-state index contributed by atoms with van der Waals surface area (Å²) in [6, 6.07) is 8.59. The number of benzene rings is 2. The summed E-state index contributed by atoms with van der Waals surface area (Å²) in [6.07, 6.45) is 7.83. The van der Waals surface area contributed by atoms with Gasteiger partial charge in [-0.1, -0.05) is 24.3 Å². The summed E-state index contributed by atoms with van der Waals surface area (Å²) in [7, 11) is 1.81. The summed E-state index contributed by atoms with van der Waals surface area (Å²) in [6.45, 7) is 3.86. The van der Waals surface area contributed by atoms with Crippen molar-refractivity contribution in [3.05, 3.63) is 83.8 Å². The Labute approximate surface area is 297 Å². The van der Waals surface area contributed by atoms with Crippen molar-refractivity contribution < 1.29 is 27.1 Å². The van der Waals surface area contributed by atoms with Gasteiger partial charge in [-0.2, -0.15) is 9.97 Å². The number of likely N-dealkylation sites (N-methyl/N-ethyl adjacent to an activating group) is 1. The third-order valence-electron chi connectivity index (χ3n) is 10.6. The number of carbonyl (C=O) groups excluding carboxylic acids is 1. The number of rotatable bonds is 8. The van der Waals surface area contributed by atoms with E-state index in [9.17, 15) is 13.6 Å². The summed E-state index contributed by atoms with van der Waals surface area (Å²) < 4.78 is 67.1. The zero-order valence-corrected chi connectivity index (χ0v) is 28.7. The van der Waals surface area contributed by atoms with E-state index in [4.69, 9.17) is 9.72 Å². The van der Waals surface area contributed by atoms with Crippen LogP contribution in [0.5, 0.6) is 6.01 Å². The summed E-state index contributed by atoms with van der Waals surface area (Å²) in [4.78, 5) is 40.9. The molecule has 3 aromatic heterocycles. The summed E-state index contributed by atoms with van der Waals surface area (Å²) in [5.41, 5.74) is -0.129. The Morgan fingerprint density at radius 3 is 2.77 bits per heavy atom. The molecule has 0 unspecified atom stereocenters. The lowest BCUT2D eigenvalue weighted by Crippen LogP contribution is -2.43. The fraction of sp³-hybridized carbons (Fsp3) is 0.368. The van der Waals surface area contributed by atoms with Crippen molar-refractivity contribution in [3.8, 4) is 17.3 Å². The van der Waals surface area contributed by atoms with Gasteiger partial charge in [-0.3, -0.25) is 14.7 Å². The normalized spacial score (nSPS) is 21.8. The van der Waals surface area contributed by atoms with Gasteiger partial charge < -0.3 is 14.5 Å². The van der Waals surface area contributed by atoms with Crippen LogP contribution in [-0.2, 0) is 4.79 Å². The van der Waals surface area contributed by atoms with Gasteiger partial charge >= 0.3 is 6.01 Å². The monoisotopic (exact) mass is 712 g/mol. The lowest BCUT2D eigenvalue weighted by Gasteiger charge is -2.31. The van der Waals surface area contributed by atoms with Crippen LogP contribution >= 0.6 is 0 Å². The predicted octanol–water partition coefficient (Wildman–Crippen LogP) is 6.07. The van der Waals surface area contributed by atoms with Crippen molar-refractivity contribution in [2.24, 2.45) is 0 Å². The Hall–Kier alpha value is -5.24. The first kappa shape index (κ1) is 33.9. The number of hydrogen-bond donors (Lipinski definition) is 0. The van der Waals surface area contributed by atoms with Crippen LogP contribution in [0.3, 0.4) is 0 Å². The maximum atomic E-state index is 16.8. The van der Waals surface area contributed by atoms with Crippen LogP contribution in [-0.4, -0.2) is 98.2 Å². The first-order chi connectivity index (χ1) is 25.1. The Bertz CT molecular complexity index is 2240. The molecule has 0 saturated carbocycles. The highest BCUT2D eigenvalue weighted by atomic mass is 19.2. The van der Waals surface area contributed by atoms with E-state index >= 15 is 8.78 Å². The molecule has 0 bridgehead atoms. The number of anilines is 1. The predicted molar refractivity (Wildman–Crippen MR) is 188 cm³/mol. The quantitative estimate of drug-likeness (QED) is 0.140. The summed E-state index contributed by atoms with van der Waals surface area (Å²) >= 11 is 0. The van der Waals surface area contributed by atoms with E-state index in [0.717, 1.165) is 25.5 Å². The minimum absolute atomic E-state index is 0.0699. The second-order valence-corrected chi connectivity index (χ2v) is 13.8. The standard InChI is InChI=1S/C38H36F4N8O2/c1-22-43-14-11-25(45-22)8-10-30(51)49-16-12-26(20-49)48(2)36-28-18-44-34(27-6-3-5-23-7-9-29(40)32(41)31(23)27)33(42)35(28)46-37(47-36)52-21-38-13-4-15-50(38)19-24(39)17-38/h3,5-11,14,18,24,26H,4,12-13,15-17,19-21H2,1-2H3/t24-,26-,38+/m1/s1. The third kappa shape index (κ3) is 6.08. The molecule has 14 heteroatoms. The number of alkyl halides is 1. The lowest BCUT2D eigenvalue weighted by molar-refractivity contribution is -0.124. The number of carbonyl (C=O) groups is 1. The van der Waals surface area contributed by atoms with Gasteiger partial charge in [-0.15, -0.1) is 0 Å². The van der Waals surface area contributed by atoms with Gasteiger partial charge in [0.15, 0.2) is 17.5 Å². The minimum atomic E-state index is -1.10. The topological polar surface area (TPSA) is 100 Å². The van der Waals surface area contributed by atoms with Gasteiger partial charge in [0, 0.05) is 68.6 Å².